The molecule has 0 spiro atoms. The smallest absolute Gasteiger partial charge is 0.230 e. The molecule has 29 heavy (non-hydrogen) atoms. The Morgan fingerprint density at radius 2 is 2.10 bits per heavy atom. The Hall–Kier alpha value is -2.73. The first-order chi connectivity index (χ1) is 14.2. The molecular formula is C23H27N3O3. The fraction of sp³-hybridized carbons (Fsp3) is 0.435. The lowest BCUT2D eigenvalue weighted by Gasteiger charge is -2.31. The highest BCUT2D eigenvalue weighted by Gasteiger charge is 2.33. The van der Waals surface area contributed by atoms with Gasteiger partial charge in [-0.2, -0.15) is 0 Å². The Kier molecular flexibility index (Phi) is 5.90. The Morgan fingerprint density at radius 1 is 1.24 bits per heavy atom. The molecule has 0 saturated heterocycles. The van der Waals surface area contributed by atoms with Gasteiger partial charge >= 0.3 is 0 Å². The van der Waals surface area contributed by atoms with Gasteiger partial charge in [0.1, 0.15) is 0 Å². The molecule has 1 unspecified atom stereocenters. The first-order valence-electron chi connectivity index (χ1n) is 10.2. The highest BCUT2D eigenvalue weighted by Crippen LogP contribution is 2.35. The second kappa shape index (κ2) is 8.74. The van der Waals surface area contributed by atoms with Gasteiger partial charge in [-0.3, -0.25) is 14.6 Å². The van der Waals surface area contributed by atoms with Crippen LogP contribution in [-0.2, 0) is 40.3 Å². The molecule has 6 nitrogen and oxygen atoms in total. The molecule has 0 fully saturated rings. The molecule has 1 aliphatic heterocycles. The predicted octanol–water partition coefficient (Wildman–Crippen LogP) is 2.35. The van der Waals surface area contributed by atoms with Gasteiger partial charge in [-0.15, -0.1) is 0 Å². The van der Waals surface area contributed by atoms with Gasteiger partial charge in [0.15, 0.2) is 0 Å². The molecule has 0 bridgehead atoms. The van der Waals surface area contributed by atoms with Crippen molar-refractivity contribution in [3.8, 4) is 0 Å². The van der Waals surface area contributed by atoms with Crippen LogP contribution in [0.1, 0.15) is 46.7 Å². The van der Waals surface area contributed by atoms with Crippen molar-refractivity contribution in [2.24, 2.45) is 0 Å². The number of rotatable bonds is 6. The van der Waals surface area contributed by atoms with Crippen LogP contribution in [0.4, 0.5) is 0 Å². The van der Waals surface area contributed by atoms with E-state index in [0.717, 1.165) is 36.1 Å². The maximum atomic E-state index is 13.2. The summed E-state index contributed by atoms with van der Waals surface area (Å²) in [4.78, 5) is 31.5. The molecule has 152 valence electrons. The third-order valence-corrected chi connectivity index (χ3v) is 5.86. The van der Waals surface area contributed by atoms with Gasteiger partial charge in [0.2, 0.25) is 11.8 Å². The van der Waals surface area contributed by atoms with Crippen molar-refractivity contribution in [1.82, 2.24) is 15.2 Å². The zero-order valence-corrected chi connectivity index (χ0v) is 16.8. The summed E-state index contributed by atoms with van der Waals surface area (Å²) in [5.41, 5.74) is 5.58. The number of hydrogen-bond donors (Lipinski definition) is 1. The summed E-state index contributed by atoms with van der Waals surface area (Å²) in [7, 11) is 1.58. The Balaban J connectivity index is 1.41. The van der Waals surface area contributed by atoms with Gasteiger partial charge in [-0.05, 0) is 41.2 Å². The van der Waals surface area contributed by atoms with Crippen molar-refractivity contribution in [1.29, 1.82) is 0 Å². The molecule has 1 atom stereocenters. The Morgan fingerprint density at radius 3 is 2.97 bits per heavy atom. The van der Waals surface area contributed by atoms with Crippen LogP contribution in [0.5, 0.6) is 0 Å². The van der Waals surface area contributed by atoms with Crippen LogP contribution in [0, 0.1) is 0 Å². The number of carbonyl (C=O) groups excluding carboxylic acids is 2. The normalized spacial score (nSPS) is 17.6. The summed E-state index contributed by atoms with van der Waals surface area (Å²) in [5, 5.41) is 2.89. The van der Waals surface area contributed by atoms with Gasteiger partial charge in [0.05, 0.1) is 12.5 Å². The van der Waals surface area contributed by atoms with Gasteiger partial charge in [-0.25, -0.2) is 0 Å². The van der Waals surface area contributed by atoms with Crippen LogP contribution in [0.25, 0.3) is 0 Å². The molecule has 1 aromatic carbocycles. The van der Waals surface area contributed by atoms with E-state index in [1.54, 1.807) is 7.11 Å². The standard InChI is InChI=1S/C23H27N3O3/c1-29-11-9-22(27)25-14-16-12-18-15-26(10-8-21(18)24-13-16)23(28)20-7-6-17-4-2-3-5-19(17)20/h2-5,12-13,20H,6-11,14-15H2,1H3,(H,25,27). The van der Waals surface area contributed by atoms with E-state index in [1.165, 1.54) is 11.1 Å². The average molecular weight is 393 g/mol. The maximum absolute atomic E-state index is 13.2. The van der Waals surface area contributed by atoms with E-state index in [-0.39, 0.29) is 17.7 Å². The van der Waals surface area contributed by atoms with E-state index in [2.05, 4.69) is 28.5 Å². The number of ether oxygens (including phenoxy) is 1. The number of methoxy groups -OCH3 is 1. The van der Waals surface area contributed by atoms with Crippen LogP contribution in [0.3, 0.4) is 0 Å². The summed E-state index contributed by atoms with van der Waals surface area (Å²) < 4.78 is 4.93. The minimum atomic E-state index is -0.0405. The van der Waals surface area contributed by atoms with E-state index in [1.807, 2.05) is 23.2 Å². The highest BCUT2D eigenvalue weighted by atomic mass is 16.5. The van der Waals surface area contributed by atoms with E-state index in [4.69, 9.17) is 4.74 Å². The third kappa shape index (κ3) is 4.32. The van der Waals surface area contributed by atoms with Gasteiger partial charge < -0.3 is 15.0 Å². The summed E-state index contributed by atoms with van der Waals surface area (Å²) >= 11 is 0. The zero-order chi connectivity index (χ0) is 20.2. The van der Waals surface area contributed by atoms with Crippen molar-refractivity contribution >= 4 is 11.8 Å². The third-order valence-electron chi connectivity index (χ3n) is 5.86. The molecule has 1 aliphatic carbocycles. The SMILES string of the molecule is COCCC(=O)NCc1cnc2c(c1)CN(C(=O)C1CCc3ccccc31)CC2. The summed E-state index contributed by atoms with van der Waals surface area (Å²) in [6, 6.07) is 10.4. The van der Waals surface area contributed by atoms with Gasteiger partial charge in [0.25, 0.3) is 0 Å². The number of pyridine rings is 1. The van der Waals surface area contributed by atoms with Crippen molar-refractivity contribution < 1.29 is 14.3 Å². The van der Waals surface area contributed by atoms with Crippen molar-refractivity contribution in [2.75, 3.05) is 20.3 Å². The minimum absolute atomic E-state index is 0.0241. The Labute approximate surface area is 171 Å². The number of amides is 2. The number of aromatic nitrogens is 1. The van der Waals surface area contributed by atoms with E-state index in [9.17, 15) is 9.59 Å². The first-order valence-corrected chi connectivity index (χ1v) is 10.2. The molecule has 2 heterocycles. The van der Waals surface area contributed by atoms with E-state index in [0.29, 0.717) is 32.7 Å². The minimum Gasteiger partial charge on any atom is -0.384 e. The van der Waals surface area contributed by atoms with E-state index < -0.39 is 0 Å². The molecule has 1 aromatic heterocycles. The number of aryl methyl sites for hydroxylation is 1. The van der Waals surface area contributed by atoms with Gasteiger partial charge in [0, 0.05) is 51.5 Å². The van der Waals surface area contributed by atoms with Crippen LogP contribution >= 0.6 is 0 Å². The lowest BCUT2D eigenvalue weighted by molar-refractivity contribution is -0.133. The molecule has 2 amide bonds. The van der Waals surface area contributed by atoms with Crippen LogP contribution in [0.15, 0.2) is 36.5 Å². The van der Waals surface area contributed by atoms with Crippen LogP contribution in [-0.4, -0.2) is 42.0 Å². The number of carbonyl (C=O) groups is 2. The number of nitrogens with zero attached hydrogens (tertiary/aromatic N) is 2. The second-order valence-corrected chi connectivity index (χ2v) is 7.77. The number of hydrogen-bond acceptors (Lipinski definition) is 4. The number of fused-ring (bicyclic) bond motifs is 2. The van der Waals surface area contributed by atoms with Crippen molar-refractivity contribution in [3.63, 3.8) is 0 Å². The molecule has 1 N–H and O–H groups in total. The van der Waals surface area contributed by atoms with Crippen LogP contribution < -0.4 is 5.32 Å². The van der Waals surface area contributed by atoms with Crippen LogP contribution in [0.2, 0.25) is 0 Å². The Bertz CT molecular complexity index is 912. The monoisotopic (exact) mass is 393 g/mol. The first kappa shape index (κ1) is 19.6. The number of benzene rings is 1. The maximum Gasteiger partial charge on any atom is 0.230 e. The van der Waals surface area contributed by atoms with Gasteiger partial charge in [-0.1, -0.05) is 24.3 Å². The molecule has 0 radical (unpaired) electrons. The number of nitrogens with one attached hydrogen (secondary N) is 1. The fourth-order valence-electron chi connectivity index (χ4n) is 4.28. The molecule has 2 aromatic rings. The lowest BCUT2D eigenvalue weighted by atomic mass is 9.97. The lowest BCUT2D eigenvalue weighted by Crippen LogP contribution is -2.39. The molecule has 2 aliphatic rings. The van der Waals surface area contributed by atoms with Crippen molar-refractivity contribution in [2.45, 2.75) is 44.7 Å². The predicted molar refractivity (Wildman–Crippen MR) is 109 cm³/mol. The highest BCUT2D eigenvalue weighted by molar-refractivity contribution is 5.85. The quantitative estimate of drug-likeness (QED) is 0.818. The van der Waals surface area contributed by atoms with Crippen molar-refractivity contribution in [3.05, 3.63) is 64.5 Å². The average Bonchev–Trinajstić information content (AvgIpc) is 3.19. The summed E-state index contributed by atoms with van der Waals surface area (Å²) in [6.07, 6.45) is 4.81. The topological polar surface area (TPSA) is 71.5 Å². The molecule has 6 heteroatoms. The molecular weight excluding hydrogens is 366 g/mol. The second-order valence-electron chi connectivity index (χ2n) is 7.77. The summed E-state index contributed by atoms with van der Waals surface area (Å²) in [5.74, 6) is 0.157. The largest absolute Gasteiger partial charge is 0.384 e. The summed E-state index contributed by atoms with van der Waals surface area (Å²) in [6.45, 7) is 2.15. The van der Waals surface area contributed by atoms with E-state index >= 15 is 0 Å². The fourth-order valence-corrected chi connectivity index (χ4v) is 4.28. The molecule has 0 saturated carbocycles. The zero-order valence-electron chi connectivity index (χ0n) is 16.8. The molecule has 4 rings (SSSR count).